The summed E-state index contributed by atoms with van der Waals surface area (Å²) in [5.74, 6) is 0.857. The minimum absolute atomic E-state index is 0.00222. The van der Waals surface area contributed by atoms with E-state index in [1.54, 1.807) is 12.0 Å². The maximum atomic E-state index is 12.4. The molecule has 1 aromatic heterocycles. The van der Waals surface area contributed by atoms with Gasteiger partial charge in [0.1, 0.15) is 16.7 Å². The summed E-state index contributed by atoms with van der Waals surface area (Å²) >= 11 is 1.29. The number of thiazole rings is 1. The Morgan fingerprint density at radius 3 is 2.77 bits per heavy atom. The van der Waals surface area contributed by atoms with Crippen LogP contribution in [0.15, 0.2) is 24.3 Å². The minimum atomic E-state index is 0.00222. The Morgan fingerprint density at radius 2 is 2.14 bits per heavy atom. The fourth-order valence-electron chi connectivity index (χ4n) is 2.36. The number of methoxy groups -OCH3 is 1. The van der Waals surface area contributed by atoms with Gasteiger partial charge in [-0.1, -0.05) is 23.5 Å². The third-order valence-corrected chi connectivity index (χ3v) is 4.68. The molecule has 3 rings (SSSR count). The molecular weight excluding hydrogens is 300 g/mol. The monoisotopic (exact) mass is 318 g/mol. The number of nitrogens with zero attached hydrogens (tertiary/aromatic N) is 2. The number of hydrogen-bond acceptors (Lipinski definition) is 5. The third-order valence-electron chi connectivity index (χ3n) is 3.57. The van der Waals surface area contributed by atoms with Crippen LogP contribution in [0.2, 0.25) is 0 Å². The van der Waals surface area contributed by atoms with Crippen molar-refractivity contribution < 1.29 is 14.3 Å². The number of carbonyl (C=O) groups excluding carboxylic acids is 1. The fourth-order valence-corrected chi connectivity index (χ4v) is 3.21. The highest BCUT2D eigenvalue weighted by Gasteiger charge is 2.34. The van der Waals surface area contributed by atoms with Gasteiger partial charge in [-0.2, -0.15) is 0 Å². The van der Waals surface area contributed by atoms with Gasteiger partial charge >= 0.3 is 0 Å². The van der Waals surface area contributed by atoms with E-state index in [1.165, 1.54) is 11.3 Å². The maximum Gasteiger partial charge on any atom is 0.273 e. The highest BCUT2D eigenvalue weighted by atomic mass is 32.1. The molecule has 116 valence electrons. The van der Waals surface area contributed by atoms with Crippen LogP contribution in [0.1, 0.15) is 20.9 Å². The first-order valence-electron chi connectivity index (χ1n) is 7.11. The molecule has 1 fully saturated rings. The van der Waals surface area contributed by atoms with Crippen molar-refractivity contribution in [3.05, 3.63) is 40.4 Å². The summed E-state index contributed by atoms with van der Waals surface area (Å²) in [6.07, 6.45) is 0.0564. The molecule has 2 heterocycles. The van der Waals surface area contributed by atoms with E-state index in [0.717, 1.165) is 17.0 Å². The van der Waals surface area contributed by atoms with Crippen LogP contribution in [0.4, 0.5) is 0 Å². The molecule has 1 aromatic carbocycles. The Hall–Kier alpha value is -2.08. The van der Waals surface area contributed by atoms with Crippen molar-refractivity contribution in [3.63, 3.8) is 0 Å². The second kappa shape index (κ2) is 5.96. The highest BCUT2D eigenvalue weighted by Crippen LogP contribution is 2.28. The first kappa shape index (κ1) is 14.8. The van der Waals surface area contributed by atoms with Crippen LogP contribution in [0, 0.1) is 13.8 Å². The van der Waals surface area contributed by atoms with Crippen molar-refractivity contribution in [2.45, 2.75) is 20.0 Å². The van der Waals surface area contributed by atoms with E-state index in [4.69, 9.17) is 9.47 Å². The Bertz CT molecular complexity index is 692. The average molecular weight is 318 g/mol. The van der Waals surface area contributed by atoms with E-state index in [2.05, 4.69) is 4.98 Å². The molecule has 0 atom stereocenters. The molecule has 5 nitrogen and oxygen atoms in total. The lowest BCUT2D eigenvalue weighted by Gasteiger charge is -2.38. The molecular formula is C16H18N2O3S. The molecule has 22 heavy (non-hydrogen) atoms. The molecule has 0 N–H and O–H groups in total. The third kappa shape index (κ3) is 2.92. The fraction of sp³-hybridized carbons (Fsp3) is 0.375. The Morgan fingerprint density at radius 1 is 1.36 bits per heavy atom. The zero-order chi connectivity index (χ0) is 15.7. The molecule has 2 aromatic rings. The van der Waals surface area contributed by atoms with E-state index in [1.807, 2.05) is 38.1 Å². The zero-order valence-electron chi connectivity index (χ0n) is 12.8. The second-order valence-corrected chi connectivity index (χ2v) is 6.33. The molecule has 1 saturated heterocycles. The van der Waals surface area contributed by atoms with Crippen LogP contribution in [0.25, 0.3) is 0 Å². The van der Waals surface area contributed by atoms with Gasteiger partial charge in [-0.25, -0.2) is 4.98 Å². The Balaban J connectivity index is 1.58. The number of ether oxygens (including phenoxy) is 2. The summed E-state index contributed by atoms with van der Waals surface area (Å²) in [6.45, 7) is 5.06. The molecule has 0 spiro atoms. The van der Waals surface area contributed by atoms with Crippen LogP contribution in [0.5, 0.6) is 10.9 Å². The summed E-state index contributed by atoms with van der Waals surface area (Å²) in [6, 6.07) is 7.95. The summed E-state index contributed by atoms with van der Waals surface area (Å²) in [5.41, 5.74) is 1.88. The van der Waals surface area contributed by atoms with Crippen LogP contribution >= 0.6 is 11.3 Å². The van der Waals surface area contributed by atoms with E-state index in [9.17, 15) is 4.79 Å². The van der Waals surface area contributed by atoms with Crippen molar-refractivity contribution in [3.8, 4) is 10.9 Å². The Labute approximate surface area is 133 Å². The van der Waals surface area contributed by atoms with E-state index in [-0.39, 0.29) is 12.0 Å². The van der Waals surface area contributed by atoms with Crippen LogP contribution < -0.4 is 9.47 Å². The molecule has 1 amide bonds. The quantitative estimate of drug-likeness (QED) is 0.870. The summed E-state index contributed by atoms with van der Waals surface area (Å²) in [5, 5.41) is 0.522. The van der Waals surface area contributed by atoms with Gasteiger partial charge in [0.05, 0.1) is 25.9 Å². The molecule has 0 aliphatic carbocycles. The minimum Gasteiger partial charge on any atom is -0.487 e. The zero-order valence-corrected chi connectivity index (χ0v) is 13.6. The van der Waals surface area contributed by atoms with E-state index < -0.39 is 0 Å². The molecule has 0 saturated carbocycles. The van der Waals surface area contributed by atoms with Gasteiger partial charge in [0, 0.05) is 0 Å². The second-order valence-electron chi connectivity index (χ2n) is 5.36. The smallest absolute Gasteiger partial charge is 0.273 e. The van der Waals surface area contributed by atoms with Gasteiger partial charge in [0.2, 0.25) is 0 Å². The van der Waals surface area contributed by atoms with Crippen molar-refractivity contribution >= 4 is 17.2 Å². The van der Waals surface area contributed by atoms with Crippen LogP contribution in [0.3, 0.4) is 0 Å². The summed E-state index contributed by atoms with van der Waals surface area (Å²) in [4.78, 5) is 19.0. The summed E-state index contributed by atoms with van der Waals surface area (Å²) < 4.78 is 11.0. The largest absolute Gasteiger partial charge is 0.487 e. The highest BCUT2D eigenvalue weighted by molar-refractivity contribution is 7.15. The maximum absolute atomic E-state index is 12.4. The van der Waals surface area contributed by atoms with Gasteiger partial charge in [-0.15, -0.1) is 0 Å². The number of amides is 1. The number of rotatable bonds is 4. The normalized spacial score (nSPS) is 14.6. The molecule has 0 unspecified atom stereocenters. The predicted octanol–water partition coefficient (Wildman–Crippen LogP) is 2.67. The van der Waals surface area contributed by atoms with E-state index in [0.29, 0.717) is 23.2 Å². The number of hydrogen-bond donors (Lipinski definition) is 0. The summed E-state index contributed by atoms with van der Waals surface area (Å²) in [7, 11) is 1.56. The number of benzene rings is 1. The Kier molecular flexibility index (Phi) is 4.02. The van der Waals surface area contributed by atoms with Crippen molar-refractivity contribution in [2.75, 3.05) is 20.2 Å². The average Bonchev–Trinajstić information content (AvgIpc) is 2.83. The number of aryl methyl sites for hydroxylation is 2. The van der Waals surface area contributed by atoms with Gasteiger partial charge in [0.15, 0.2) is 0 Å². The van der Waals surface area contributed by atoms with Crippen LogP contribution in [-0.4, -0.2) is 42.1 Å². The number of likely N-dealkylation sites (tertiary alicyclic amines) is 1. The van der Waals surface area contributed by atoms with E-state index >= 15 is 0 Å². The number of aromatic nitrogens is 1. The van der Waals surface area contributed by atoms with Gasteiger partial charge in [0.25, 0.3) is 11.1 Å². The topological polar surface area (TPSA) is 51.7 Å². The molecule has 6 heteroatoms. The van der Waals surface area contributed by atoms with Crippen LogP contribution in [-0.2, 0) is 0 Å². The molecule has 0 bridgehead atoms. The van der Waals surface area contributed by atoms with Gasteiger partial charge in [-0.05, 0) is 31.5 Å². The molecule has 1 aliphatic heterocycles. The predicted molar refractivity (Wildman–Crippen MR) is 84.9 cm³/mol. The lowest BCUT2D eigenvalue weighted by Crippen LogP contribution is -2.56. The molecule has 0 radical (unpaired) electrons. The van der Waals surface area contributed by atoms with Gasteiger partial charge < -0.3 is 14.4 Å². The van der Waals surface area contributed by atoms with Crippen molar-refractivity contribution in [1.82, 2.24) is 9.88 Å². The lowest BCUT2D eigenvalue weighted by atomic mass is 10.1. The number of carbonyl (C=O) groups is 1. The first-order chi connectivity index (χ1) is 10.6. The standard InChI is InChI=1S/C16H18N2O3S/c1-10-5-4-6-12(7-10)21-13-8-18(9-13)15(19)14-11(2)17-16(20-3)22-14/h4-7,13H,8-9H2,1-3H3. The lowest BCUT2D eigenvalue weighted by molar-refractivity contribution is 0.0180. The SMILES string of the molecule is COc1nc(C)c(C(=O)N2CC(Oc3cccc(C)c3)C2)s1. The van der Waals surface area contributed by atoms with Gasteiger partial charge in [-0.3, -0.25) is 4.79 Å². The van der Waals surface area contributed by atoms with Crippen molar-refractivity contribution in [1.29, 1.82) is 0 Å². The molecule has 1 aliphatic rings. The first-order valence-corrected chi connectivity index (χ1v) is 7.92. The van der Waals surface area contributed by atoms with Crippen molar-refractivity contribution in [2.24, 2.45) is 0 Å².